The molecule has 0 amide bonds. The molecule has 1 fully saturated rings. The number of rotatable bonds is 7. The molecule has 0 heterocycles. The van der Waals surface area contributed by atoms with Crippen LogP contribution in [0.3, 0.4) is 0 Å². The SMILES string of the molecule is CCCC(CC)CC1(OP(=O)(O)O)CCCCC1C. The van der Waals surface area contributed by atoms with Crippen LogP contribution in [-0.4, -0.2) is 15.4 Å². The van der Waals surface area contributed by atoms with Crippen LogP contribution in [-0.2, 0) is 9.09 Å². The lowest BCUT2D eigenvalue weighted by Gasteiger charge is -2.44. The van der Waals surface area contributed by atoms with Crippen LogP contribution in [0.5, 0.6) is 0 Å². The van der Waals surface area contributed by atoms with Gasteiger partial charge < -0.3 is 9.79 Å². The van der Waals surface area contributed by atoms with E-state index in [-0.39, 0.29) is 5.92 Å². The summed E-state index contributed by atoms with van der Waals surface area (Å²) in [7, 11) is -4.42. The fraction of sp³-hybridized carbons (Fsp3) is 1.00. The first kappa shape index (κ1) is 17.2. The summed E-state index contributed by atoms with van der Waals surface area (Å²) in [5.74, 6) is 0.719. The van der Waals surface area contributed by atoms with Crippen LogP contribution >= 0.6 is 7.82 Å². The van der Waals surface area contributed by atoms with Gasteiger partial charge in [-0.1, -0.05) is 52.9 Å². The smallest absolute Gasteiger partial charge is 0.303 e. The molecule has 3 atom stereocenters. The van der Waals surface area contributed by atoms with E-state index < -0.39 is 13.4 Å². The fourth-order valence-electron chi connectivity index (χ4n) is 3.44. The minimum Gasteiger partial charge on any atom is -0.303 e. The Morgan fingerprint density at radius 3 is 2.53 bits per heavy atom. The molecule has 2 N–H and O–H groups in total. The second-order valence-electron chi connectivity index (χ2n) is 6.06. The van der Waals surface area contributed by atoms with Crippen molar-refractivity contribution >= 4 is 7.82 Å². The summed E-state index contributed by atoms with van der Waals surface area (Å²) in [6.45, 7) is 6.38. The Morgan fingerprint density at radius 2 is 2.05 bits per heavy atom. The van der Waals surface area contributed by atoms with Gasteiger partial charge >= 0.3 is 7.82 Å². The molecule has 1 rings (SSSR count). The largest absolute Gasteiger partial charge is 0.470 e. The zero-order valence-corrected chi connectivity index (χ0v) is 13.4. The normalized spacial score (nSPS) is 30.3. The monoisotopic (exact) mass is 292 g/mol. The molecular formula is C14H29O4P. The molecule has 3 unspecified atom stereocenters. The molecule has 0 aliphatic heterocycles. The molecule has 0 bridgehead atoms. The Kier molecular flexibility index (Phi) is 6.52. The van der Waals surface area contributed by atoms with E-state index in [9.17, 15) is 14.4 Å². The van der Waals surface area contributed by atoms with Crippen LogP contribution in [0.2, 0.25) is 0 Å². The number of phosphoric acid groups is 1. The van der Waals surface area contributed by atoms with Crippen LogP contribution in [0, 0.1) is 11.8 Å². The van der Waals surface area contributed by atoms with Gasteiger partial charge in [0.25, 0.3) is 0 Å². The van der Waals surface area contributed by atoms with Crippen molar-refractivity contribution in [3.63, 3.8) is 0 Å². The van der Waals surface area contributed by atoms with Crippen molar-refractivity contribution in [1.82, 2.24) is 0 Å². The highest BCUT2D eigenvalue weighted by molar-refractivity contribution is 7.46. The van der Waals surface area contributed by atoms with Crippen LogP contribution < -0.4 is 0 Å². The van der Waals surface area contributed by atoms with E-state index in [2.05, 4.69) is 20.8 Å². The average Bonchev–Trinajstić information content (AvgIpc) is 2.30. The van der Waals surface area contributed by atoms with Gasteiger partial charge in [0, 0.05) is 0 Å². The van der Waals surface area contributed by atoms with Crippen molar-refractivity contribution in [1.29, 1.82) is 0 Å². The molecule has 1 aliphatic carbocycles. The van der Waals surface area contributed by atoms with Crippen molar-refractivity contribution in [2.24, 2.45) is 11.8 Å². The Bertz CT molecular complexity index is 315. The second-order valence-corrected chi connectivity index (χ2v) is 7.22. The van der Waals surface area contributed by atoms with E-state index >= 15 is 0 Å². The lowest BCUT2D eigenvalue weighted by atomic mass is 9.71. The van der Waals surface area contributed by atoms with Crippen molar-refractivity contribution < 1.29 is 18.9 Å². The molecule has 1 aliphatic rings. The lowest BCUT2D eigenvalue weighted by molar-refractivity contribution is -0.0556. The highest BCUT2D eigenvalue weighted by atomic mass is 31.2. The molecular weight excluding hydrogens is 263 g/mol. The Labute approximate surface area is 117 Å². The summed E-state index contributed by atoms with van der Waals surface area (Å²) in [4.78, 5) is 18.5. The lowest BCUT2D eigenvalue weighted by Crippen LogP contribution is -2.43. The van der Waals surface area contributed by atoms with Crippen LogP contribution in [0.25, 0.3) is 0 Å². The molecule has 0 aromatic heterocycles. The van der Waals surface area contributed by atoms with Gasteiger partial charge in [0.1, 0.15) is 0 Å². The van der Waals surface area contributed by atoms with Crippen LogP contribution in [0.15, 0.2) is 0 Å². The third-order valence-corrected chi connectivity index (χ3v) is 5.20. The van der Waals surface area contributed by atoms with E-state index in [0.29, 0.717) is 5.92 Å². The maximum absolute atomic E-state index is 11.4. The molecule has 5 heteroatoms. The molecule has 0 saturated heterocycles. The number of phosphoric ester groups is 1. The first-order valence-electron chi connectivity index (χ1n) is 7.59. The third-order valence-electron chi connectivity index (χ3n) is 4.59. The van der Waals surface area contributed by atoms with Gasteiger partial charge in [-0.25, -0.2) is 4.57 Å². The fourth-order valence-corrected chi connectivity index (χ4v) is 4.26. The summed E-state index contributed by atoms with van der Waals surface area (Å²) >= 11 is 0. The van der Waals surface area contributed by atoms with Crippen molar-refractivity contribution in [3.05, 3.63) is 0 Å². The highest BCUT2D eigenvalue weighted by Crippen LogP contribution is 2.52. The van der Waals surface area contributed by atoms with E-state index in [4.69, 9.17) is 4.52 Å². The number of hydrogen-bond acceptors (Lipinski definition) is 2. The van der Waals surface area contributed by atoms with Crippen molar-refractivity contribution in [3.8, 4) is 0 Å². The molecule has 4 nitrogen and oxygen atoms in total. The molecule has 0 spiro atoms. The van der Waals surface area contributed by atoms with E-state index in [1.54, 1.807) is 0 Å². The Morgan fingerprint density at radius 1 is 1.37 bits per heavy atom. The highest BCUT2D eigenvalue weighted by Gasteiger charge is 2.44. The van der Waals surface area contributed by atoms with Crippen LogP contribution in [0.4, 0.5) is 0 Å². The standard InChI is InChI=1S/C14H29O4P/c1-4-8-13(5-2)11-14(18-19(15,16)17)10-7-6-9-12(14)3/h12-13H,4-11H2,1-3H3,(H2,15,16,17). The summed E-state index contributed by atoms with van der Waals surface area (Å²) in [5, 5.41) is 0. The van der Waals surface area contributed by atoms with Gasteiger partial charge in [-0.2, -0.15) is 0 Å². The van der Waals surface area contributed by atoms with Crippen LogP contribution in [0.1, 0.15) is 72.1 Å². The maximum atomic E-state index is 11.4. The molecule has 114 valence electrons. The first-order valence-corrected chi connectivity index (χ1v) is 9.12. The predicted octanol–water partition coefficient (Wildman–Crippen LogP) is 4.26. The zero-order valence-electron chi connectivity index (χ0n) is 12.5. The Balaban J connectivity index is 2.87. The van der Waals surface area contributed by atoms with Crippen molar-refractivity contribution in [2.75, 3.05) is 0 Å². The maximum Gasteiger partial charge on any atom is 0.470 e. The summed E-state index contributed by atoms with van der Waals surface area (Å²) in [5.41, 5.74) is -0.618. The molecule has 1 saturated carbocycles. The Hall–Kier alpha value is 0.110. The van der Waals surface area contributed by atoms with Gasteiger partial charge in [0.15, 0.2) is 0 Å². The third kappa shape index (κ3) is 5.18. The minimum absolute atomic E-state index is 0.222. The summed E-state index contributed by atoms with van der Waals surface area (Å²) in [6.07, 6.45) is 7.97. The second kappa shape index (κ2) is 7.21. The quantitative estimate of drug-likeness (QED) is 0.688. The van der Waals surface area contributed by atoms with Gasteiger partial charge in [0.05, 0.1) is 5.60 Å². The molecule has 0 radical (unpaired) electrons. The van der Waals surface area contributed by atoms with E-state index in [0.717, 1.165) is 51.4 Å². The zero-order chi connectivity index (χ0) is 14.5. The van der Waals surface area contributed by atoms with Crippen molar-refractivity contribution in [2.45, 2.75) is 77.7 Å². The predicted molar refractivity (Wildman–Crippen MR) is 76.8 cm³/mol. The molecule has 19 heavy (non-hydrogen) atoms. The van der Waals surface area contributed by atoms with Gasteiger partial charge in [0.2, 0.25) is 0 Å². The average molecular weight is 292 g/mol. The van der Waals surface area contributed by atoms with Gasteiger partial charge in [-0.3, -0.25) is 4.52 Å². The first-order chi connectivity index (χ1) is 8.83. The topological polar surface area (TPSA) is 66.8 Å². The van der Waals surface area contributed by atoms with Gasteiger partial charge in [-0.05, 0) is 31.1 Å². The minimum atomic E-state index is -4.42. The van der Waals surface area contributed by atoms with E-state index in [1.807, 2.05) is 0 Å². The molecule has 0 aromatic carbocycles. The van der Waals surface area contributed by atoms with Gasteiger partial charge in [-0.15, -0.1) is 0 Å². The number of hydrogen-bond donors (Lipinski definition) is 2. The molecule has 0 aromatic rings. The summed E-state index contributed by atoms with van der Waals surface area (Å²) in [6, 6.07) is 0. The summed E-state index contributed by atoms with van der Waals surface area (Å²) < 4.78 is 16.7. The van der Waals surface area contributed by atoms with E-state index in [1.165, 1.54) is 0 Å².